The van der Waals surface area contributed by atoms with Crippen molar-refractivity contribution in [1.29, 1.82) is 0 Å². The Morgan fingerprint density at radius 3 is 2.49 bits per heavy atom. The summed E-state index contributed by atoms with van der Waals surface area (Å²) in [6.07, 6.45) is -2.94. The van der Waals surface area contributed by atoms with Crippen molar-refractivity contribution >= 4 is 50.5 Å². The summed E-state index contributed by atoms with van der Waals surface area (Å²) in [4.78, 5) is 60.0. The molecule has 0 radical (unpaired) electrons. The molecular formula is C26H31F3N6O5S. The van der Waals surface area contributed by atoms with Gasteiger partial charge in [-0.25, -0.2) is 19.5 Å². The number of urea groups is 1. The molecule has 1 atom stereocenters. The summed E-state index contributed by atoms with van der Waals surface area (Å²) in [7, 11) is 1.39. The van der Waals surface area contributed by atoms with Crippen LogP contribution in [0.15, 0.2) is 12.1 Å². The van der Waals surface area contributed by atoms with Gasteiger partial charge in [-0.1, -0.05) is 11.3 Å². The lowest BCUT2D eigenvalue weighted by Crippen LogP contribution is -2.58. The van der Waals surface area contributed by atoms with Crippen LogP contribution >= 0.6 is 11.3 Å². The minimum atomic E-state index is -4.65. The van der Waals surface area contributed by atoms with E-state index in [9.17, 15) is 32.3 Å². The SMILES string of the molecule is CNC(=O)Nc1sc2nc(C(F)(F)F)ccc2c1C(=O)N1CCC(N2CCCC3(C2)OC(=O)N(C(C)C)C3=O)CC1. The molecule has 3 aliphatic heterocycles. The molecule has 3 saturated heterocycles. The van der Waals surface area contributed by atoms with Gasteiger partial charge in [-0.15, -0.1) is 0 Å². The molecule has 0 aliphatic carbocycles. The van der Waals surface area contributed by atoms with Gasteiger partial charge >= 0.3 is 18.3 Å². The summed E-state index contributed by atoms with van der Waals surface area (Å²) < 4.78 is 45.4. The second-order valence-electron chi connectivity index (χ2n) is 10.8. The predicted molar refractivity (Wildman–Crippen MR) is 144 cm³/mol. The van der Waals surface area contributed by atoms with Gasteiger partial charge in [0, 0.05) is 44.2 Å². The number of amides is 5. The number of carbonyl (C=O) groups is 4. The Kier molecular flexibility index (Phi) is 7.61. The van der Waals surface area contributed by atoms with Crippen molar-refractivity contribution in [2.24, 2.45) is 0 Å². The fourth-order valence-electron chi connectivity index (χ4n) is 5.83. The van der Waals surface area contributed by atoms with Crippen LogP contribution in [0.3, 0.4) is 0 Å². The monoisotopic (exact) mass is 596 g/mol. The van der Waals surface area contributed by atoms with E-state index >= 15 is 0 Å². The average molecular weight is 597 g/mol. The molecule has 1 spiro atoms. The van der Waals surface area contributed by atoms with Gasteiger partial charge in [0.05, 0.1) is 5.56 Å². The van der Waals surface area contributed by atoms with E-state index in [1.54, 1.807) is 18.7 Å². The summed E-state index contributed by atoms with van der Waals surface area (Å²) in [6, 6.07) is 1.17. The number of carbonyl (C=O) groups excluding carboxylic acids is 4. The Labute approximate surface area is 238 Å². The number of pyridine rings is 1. The smallest absolute Gasteiger partial charge is 0.431 e. The van der Waals surface area contributed by atoms with Crippen molar-refractivity contribution in [2.45, 2.75) is 63.4 Å². The van der Waals surface area contributed by atoms with E-state index in [1.807, 2.05) is 0 Å². The standard InChI is InChI=1S/C26H31F3N6O5S/c1-14(2)35-22(37)25(40-24(35)39)9-4-10-34(13-25)15-7-11-33(12-8-15)21(36)18-16-5-6-17(26(27,28)29)31-19(16)41-20(18)32-23(38)30-3/h5-6,14-15H,4,7-13H2,1-3H3,(H2,30,32,38). The van der Waals surface area contributed by atoms with Gasteiger partial charge < -0.3 is 15.0 Å². The molecule has 0 bridgehead atoms. The number of fused-ring (bicyclic) bond motifs is 1. The van der Waals surface area contributed by atoms with E-state index in [-0.39, 0.29) is 38.8 Å². The maximum Gasteiger partial charge on any atom is 0.433 e. The molecule has 3 aliphatic rings. The Morgan fingerprint density at radius 1 is 1.17 bits per heavy atom. The normalized spacial score (nSPS) is 22.6. The second kappa shape index (κ2) is 10.7. The highest BCUT2D eigenvalue weighted by Gasteiger charge is 2.57. The first-order valence-electron chi connectivity index (χ1n) is 13.4. The molecule has 5 rings (SSSR count). The number of hydrogen-bond donors (Lipinski definition) is 2. The van der Waals surface area contributed by atoms with E-state index in [0.29, 0.717) is 45.3 Å². The summed E-state index contributed by atoms with van der Waals surface area (Å²) in [5.41, 5.74) is -2.17. The van der Waals surface area contributed by atoms with Crippen LogP contribution in [0.1, 0.15) is 55.6 Å². The highest BCUT2D eigenvalue weighted by Crippen LogP contribution is 2.39. The largest absolute Gasteiger partial charge is 0.433 e. The summed E-state index contributed by atoms with van der Waals surface area (Å²) in [5, 5.41) is 5.28. The predicted octanol–water partition coefficient (Wildman–Crippen LogP) is 3.89. The van der Waals surface area contributed by atoms with E-state index in [2.05, 4.69) is 20.5 Å². The van der Waals surface area contributed by atoms with E-state index in [1.165, 1.54) is 18.0 Å². The maximum absolute atomic E-state index is 13.7. The van der Waals surface area contributed by atoms with Crippen LogP contribution < -0.4 is 10.6 Å². The lowest BCUT2D eigenvalue weighted by Gasteiger charge is -2.44. The highest BCUT2D eigenvalue weighted by atomic mass is 32.1. The zero-order chi connectivity index (χ0) is 29.7. The minimum Gasteiger partial charge on any atom is -0.431 e. The lowest BCUT2D eigenvalue weighted by molar-refractivity contribution is -0.143. The number of anilines is 1. The first-order valence-corrected chi connectivity index (χ1v) is 14.3. The minimum absolute atomic E-state index is 0.00528. The highest BCUT2D eigenvalue weighted by molar-refractivity contribution is 7.23. The number of likely N-dealkylation sites (tertiary alicyclic amines) is 2. The molecule has 1 unspecified atom stereocenters. The van der Waals surface area contributed by atoms with Crippen molar-refractivity contribution in [3.05, 3.63) is 23.4 Å². The first kappa shape index (κ1) is 29.0. The summed E-state index contributed by atoms with van der Waals surface area (Å²) >= 11 is 0.810. The van der Waals surface area contributed by atoms with Crippen LogP contribution in [0.25, 0.3) is 10.2 Å². The molecule has 5 heterocycles. The van der Waals surface area contributed by atoms with E-state index in [0.717, 1.165) is 23.9 Å². The molecule has 0 aromatic carbocycles. The first-order chi connectivity index (χ1) is 19.3. The quantitative estimate of drug-likeness (QED) is 0.549. The number of rotatable bonds is 4. The third-order valence-electron chi connectivity index (χ3n) is 7.87. The number of ether oxygens (including phenoxy) is 1. The van der Waals surface area contributed by atoms with Crippen LogP contribution in [0.2, 0.25) is 0 Å². The number of halogens is 3. The van der Waals surface area contributed by atoms with Gasteiger partial charge in [0.15, 0.2) is 0 Å². The zero-order valence-corrected chi connectivity index (χ0v) is 23.7. The molecule has 5 amide bonds. The average Bonchev–Trinajstić information content (AvgIpc) is 3.40. The van der Waals surface area contributed by atoms with Crippen LogP contribution in [0.4, 0.5) is 27.8 Å². The number of thiophene rings is 1. The molecule has 3 fully saturated rings. The fourth-order valence-corrected chi connectivity index (χ4v) is 6.89. The van der Waals surface area contributed by atoms with Gasteiger partial charge in [-0.05, 0) is 58.2 Å². The van der Waals surface area contributed by atoms with Crippen LogP contribution in [0, 0.1) is 0 Å². The zero-order valence-electron chi connectivity index (χ0n) is 22.8. The number of piperidine rings is 2. The van der Waals surface area contributed by atoms with Gasteiger partial charge in [-0.2, -0.15) is 13.2 Å². The van der Waals surface area contributed by atoms with Gasteiger partial charge in [-0.3, -0.25) is 19.8 Å². The Morgan fingerprint density at radius 2 is 1.88 bits per heavy atom. The van der Waals surface area contributed by atoms with Gasteiger partial charge in [0.2, 0.25) is 5.60 Å². The molecule has 222 valence electrons. The van der Waals surface area contributed by atoms with Crippen molar-refractivity contribution < 1.29 is 37.1 Å². The number of nitrogens with zero attached hydrogens (tertiary/aromatic N) is 4. The summed E-state index contributed by atoms with van der Waals surface area (Å²) in [6.45, 7) is 5.29. The third kappa shape index (κ3) is 5.32. The second-order valence-corrected chi connectivity index (χ2v) is 11.8. The molecular weight excluding hydrogens is 565 g/mol. The van der Waals surface area contributed by atoms with Crippen LogP contribution in [-0.2, 0) is 15.7 Å². The third-order valence-corrected chi connectivity index (χ3v) is 8.89. The lowest BCUT2D eigenvalue weighted by atomic mass is 9.89. The number of aromatic nitrogens is 1. The molecule has 15 heteroatoms. The fraction of sp³-hybridized carbons (Fsp3) is 0.577. The van der Waals surface area contributed by atoms with Crippen molar-refractivity contribution in [2.75, 3.05) is 38.5 Å². The number of hydrogen-bond acceptors (Lipinski definition) is 8. The van der Waals surface area contributed by atoms with Gasteiger partial charge in [0.1, 0.15) is 15.5 Å². The number of alkyl halides is 3. The summed E-state index contributed by atoms with van der Waals surface area (Å²) in [5.74, 6) is -0.720. The topological polar surface area (TPSA) is 124 Å². The van der Waals surface area contributed by atoms with E-state index in [4.69, 9.17) is 4.74 Å². The number of nitrogens with one attached hydrogen (secondary N) is 2. The number of imide groups is 1. The maximum atomic E-state index is 13.7. The van der Waals surface area contributed by atoms with Crippen LogP contribution in [-0.4, -0.2) is 94.5 Å². The van der Waals surface area contributed by atoms with Crippen molar-refractivity contribution in [1.82, 2.24) is 25.0 Å². The Hall–Kier alpha value is -3.46. The molecule has 2 N–H and O–H groups in total. The molecule has 2 aromatic rings. The Bertz CT molecular complexity index is 1390. The van der Waals surface area contributed by atoms with E-state index < -0.39 is 35.5 Å². The molecule has 2 aromatic heterocycles. The Balaban J connectivity index is 1.32. The van der Waals surface area contributed by atoms with Crippen molar-refractivity contribution in [3.63, 3.8) is 0 Å². The van der Waals surface area contributed by atoms with Gasteiger partial charge in [0.25, 0.3) is 11.8 Å². The molecule has 41 heavy (non-hydrogen) atoms. The molecule has 11 nitrogen and oxygen atoms in total. The van der Waals surface area contributed by atoms with Crippen LogP contribution in [0.5, 0.6) is 0 Å². The molecule has 0 saturated carbocycles. The van der Waals surface area contributed by atoms with Crippen molar-refractivity contribution in [3.8, 4) is 0 Å².